The summed E-state index contributed by atoms with van der Waals surface area (Å²) in [6, 6.07) is 2.71. The fraction of sp³-hybridized carbons (Fsp3) is 0.533. The maximum absolute atomic E-state index is 11.6. The van der Waals surface area contributed by atoms with Crippen LogP contribution in [-0.4, -0.2) is 11.8 Å². The SMILES string of the molecule is CCCCCC(C)(C)OOC(=O)Oc1cc(Cl)c(Cl)cc1Cl. The third-order valence-electron chi connectivity index (χ3n) is 2.89. The Labute approximate surface area is 145 Å². The number of halogens is 3. The van der Waals surface area contributed by atoms with Crippen LogP contribution in [0.25, 0.3) is 0 Å². The lowest BCUT2D eigenvalue weighted by Gasteiger charge is -2.22. The first kappa shape index (κ1) is 19.4. The summed E-state index contributed by atoms with van der Waals surface area (Å²) in [7, 11) is 0. The highest BCUT2D eigenvalue weighted by atomic mass is 35.5. The summed E-state index contributed by atoms with van der Waals surface area (Å²) >= 11 is 17.5. The molecule has 1 rings (SSSR count). The van der Waals surface area contributed by atoms with Gasteiger partial charge in [-0.25, -0.2) is 4.79 Å². The van der Waals surface area contributed by atoms with E-state index in [1.165, 1.54) is 12.1 Å². The maximum atomic E-state index is 11.6. The highest BCUT2D eigenvalue weighted by Gasteiger charge is 2.23. The molecule has 1 aromatic rings. The van der Waals surface area contributed by atoms with Crippen molar-refractivity contribution in [2.45, 2.75) is 52.1 Å². The first-order valence-electron chi connectivity index (χ1n) is 6.97. The summed E-state index contributed by atoms with van der Waals surface area (Å²) in [4.78, 5) is 21.4. The van der Waals surface area contributed by atoms with Crippen LogP contribution < -0.4 is 4.74 Å². The number of carbonyl (C=O) groups is 1. The summed E-state index contributed by atoms with van der Waals surface area (Å²) in [5.74, 6) is 0.0495. The first-order valence-corrected chi connectivity index (χ1v) is 8.10. The molecule has 0 atom stereocenters. The average molecular weight is 370 g/mol. The van der Waals surface area contributed by atoms with Crippen LogP contribution in [0.4, 0.5) is 4.79 Å². The Morgan fingerprint density at radius 2 is 1.73 bits per heavy atom. The summed E-state index contributed by atoms with van der Waals surface area (Å²) < 4.78 is 4.94. The predicted molar refractivity (Wildman–Crippen MR) is 87.9 cm³/mol. The van der Waals surface area contributed by atoms with E-state index in [1.807, 2.05) is 13.8 Å². The Hall–Kier alpha value is -0.680. The lowest BCUT2D eigenvalue weighted by Crippen LogP contribution is -2.27. The van der Waals surface area contributed by atoms with E-state index in [1.54, 1.807) is 0 Å². The zero-order valence-electron chi connectivity index (χ0n) is 12.8. The topological polar surface area (TPSA) is 44.8 Å². The van der Waals surface area contributed by atoms with E-state index < -0.39 is 11.8 Å². The minimum atomic E-state index is -1.02. The minimum Gasteiger partial charge on any atom is -0.391 e. The van der Waals surface area contributed by atoms with Gasteiger partial charge in [0.1, 0.15) is 5.60 Å². The van der Waals surface area contributed by atoms with Crippen LogP contribution in [-0.2, 0) is 9.78 Å². The van der Waals surface area contributed by atoms with Crippen LogP contribution in [0.15, 0.2) is 12.1 Å². The third kappa shape index (κ3) is 6.61. The molecule has 0 aliphatic heterocycles. The smallest absolute Gasteiger partial charge is 0.391 e. The van der Waals surface area contributed by atoms with Crippen molar-refractivity contribution in [1.29, 1.82) is 0 Å². The van der Waals surface area contributed by atoms with Gasteiger partial charge in [0.15, 0.2) is 5.75 Å². The molecule has 0 heterocycles. The molecule has 0 saturated carbocycles. The number of ether oxygens (including phenoxy) is 1. The van der Waals surface area contributed by atoms with Crippen LogP contribution >= 0.6 is 34.8 Å². The molecule has 124 valence electrons. The Bertz CT molecular complexity index is 518. The highest BCUT2D eigenvalue weighted by Crippen LogP contribution is 2.34. The summed E-state index contributed by atoms with van der Waals surface area (Å²) in [5, 5.41) is 0.629. The van der Waals surface area contributed by atoms with E-state index in [4.69, 9.17) is 44.4 Å². The van der Waals surface area contributed by atoms with Gasteiger partial charge in [0.2, 0.25) is 0 Å². The molecular formula is C15H19Cl3O4. The molecule has 0 aliphatic carbocycles. The van der Waals surface area contributed by atoms with Crippen molar-refractivity contribution in [1.82, 2.24) is 0 Å². The summed E-state index contributed by atoms with van der Waals surface area (Å²) in [5.41, 5.74) is -0.588. The van der Waals surface area contributed by atoms with E-state index in [9.17, 15) is 4.79 Å². The van der Waals surface area contributed by atoms with Gasteiger partial charge in [0.25, 0.3) is 0 Å². The molecule has 0 N–H and O–H groups in total. The van der Waals surface area contributed by atoms with Gasteiger partial charge in [0, 0.05) is 6.07 Å². The molecule has 0 amide bonds. The molecular weight excluding hydrogens is 351 g/mol. The third-order valence-corrected chi connectivity index (χ3v) is 3.90. The van der Waals surface area contributed by atoms with Gasteiger partial charge in [-0.3, -0.25) is 4.89 Å². The second-order valence-corrected chi connectivity index (χ2v) is 6.65. The summed E-state index contributed by atoms with van der Waals surface area (Å²) in [6.07, 6.45) is 2.93. The Morgan fingerprint density at radius 1 is 1.09 bits per heavy atom. The van der Waals surface area contributed by atoms with Gasteiger partial charge < -0.3 is 4.74 Å². The molecule has 0 spiro atoms. The van der Waals surface area contributed by atoms with Crippen LogP contribution in [0.2, 0.25) is 15.1 Å². The van der Waals surface area contributed by atoms with Gasteiger partial charge in [-0.1, -0.05) is 61.0 Å². The van der Waals surface area contributed by atoms with Gasteiger partial charge in [-0.15, -0.1) is 0 Å². The van der Waals surface area contributed by atoms with E-state index in [0.29, 0.717) is 0 Å². The van der Waals surface area contributed by atoms with E-state index in [-0.39, 0.29) is 20.8 Å². The number of carbonyl (C=O) groups excluding carboxylic acids is 1. The zero-order valence-corrected chi connectivity index (χ0v) is 15.0. The quantitative estimate of drug-likeness (QED) is 0.138. The second-order valence-electron chi connectivity index (χ2n) is 5.43. The standard InChI is InChI=1S/C15H19Cl3O4/c1-4-5-6-7-15(2,3)22-21-14(19)20-13-9-11(17)10(16)8-12(13)18/h8-9H,4-7H2,1-3H3. The second kappa shape index (κ2) is 8.82. The number of rotatable bonds is 7. The number of unbranched alkanes of at least 4 members (excludes halogenated alkanes) is 2. The fourth-order valence-corrected chi connectivity index (χ4v) is 2.25. The van der Waals surface area contributed by atoms with Crippen LogP contribution in [0.3, 0.4) is 0 Å². The fourth-order valence-electron chi connectivity index (χ4n) is 1.68. The van der Waals surface area contributed by atoms with Crippen molar-refractivity contribution in [2.75, 3.05) is 0 Å². The number of hydrogen-bond acceptors (Lipinski definition) is 4. The average Bonchev–Trinajstić information content (AvgIpc) is 2.43. The molecule has 1 aromatic carbocycles. The number of hydrogen-bond donors (Lipinski definition) is 0. The Morgan fingerprint density at radius 3 is 2.36 bits per heavy atom. The largest absolute Gasteiger partial charge is 0.546 e. The van der Waals surface area contributed by atoms with Crippen molar-refractivity contribution in [3.63, 3.8) is 0 Å². The minimum absolute atomic E-state index is 0.0495. The Kier molecular flexibility index (Phi) is 7.77. The normalized spacial score (nSPS) is 11.4. The van der Waals surface area contributed by atoms with Crippen LogP contribution in [0, 0.1) is 0 Å². The molecule has 0 aliphatic rings. The Balaban J connectivity index is 2.51. The number of benzene rings is 1. The molecule has 0 fully saturated rings. The molecule has 0 unspecified atom stereocenters. The van der Waals surface area contributed by atoms with Gasteiger partial charge >= 0.3 is 6.16 Å². The van der Waals surface area contributed by atoms with E-state index in [0.717, 1.165) is 25.7 Å². The van der Waals surface area contributed by atoms with E-state index >= 15 is 0 Å². The maximum Gasteiger partial charge on any atom is 0.546 e. The molecule has 0 saturated heterocycles. The van der Waals surface area contributed by atoms with Gasteiger partial charge in [-0.05, 0) is 26.3 Å². The lowest BCUT2D eigenvalue weighted by molar-refractivity contribution is -0.314. The highest BCUT2D eigenvalue weighted by molar-refractivity contribution is 6.43. The van der Waals surface area contributed by atoms with Crippen molar-refractivity contribution < 1.29 is 19.3 Å². The molecule has 0 bridgehead atoms. The van der Waals surface area contributed by atoms with Gasteiger partial charge in [0.05, 0.1) is 15.1 Å². The lowest BCUT2D eigenvalue weighted by atomic mass is 10.0. The molecule has 22 heavy (non-hydrogen) atoms. The van der Waals surface area contributed by atoms with Crippen molar-refractivity contribution in [3.8, 4) is 5.75 Å². The predicted octanol–water partition coefficient (Wildman–Crippen LogP) is 6.45. The van der Waals surface area contributed by atoms with Crippen molar-refractivity contribution >= 4 is 41.0 Å². The van der Waals surface area contributed by atoms with E-state index in [2.05, 4.69) is 11.8 Å². The monoisotopic (exact) mass is 368 g/mol. The first-order chi connectivity index (χ1) is 10.2. The molecule has 0 aromatic heterocycles. The zero-order chi connectivity index (χ0) is 16.8. The van der Waals surface area contributed by atoms with Crippen LogP contribution in [0.1, 0.15) is 46.5 Å². The molecule has 0 radical (unpaired) electrons. The van der Waals surface area contributed by atoms with Crippen molar-refractivity contribution in [3.05, 3.63) is 27.2 Å². The molecule has 7 heteroatoms. The van der Waals surface area contributed by atoms with Crippen LogP contribution in [0.5, 0.6) is 5.75 Å². The van der Waals surface area contributed by atoms with Crippen molar-refractivity contribution in [2.24, 2.45) is 0 Å². The summed E-state index contributed by atoms with van der Waals surface area (Å²) in [6.45, 7) is 5.78. The van der Waals surface area contributed by atoms with Gasteiger partial charge in [-0.2, -0.15) is 4.89 Å². The molecule has 4 nitrogen and oxygen atoms in total.